The van der Waals surface area contributed by atoms with Crippen LogP contribution in [0.25, 0.3) is 0 Å². The Balaban J connectivity index is 1.74. The van der Waals surface area contributed by atoms with Gasteiger partial charge in [-0.15, -0.1) is 11.3 Å². The van der Waals surface area contributed by atoms with E-state index in [4.69, 9.17) is 5.84 Å². The van der Waals surface area contributed by atoms with Crippen LogP contribution in [0.15, 0.2) is 11.4 Å². The molecule has 0 radical (unpaired) electrons. The average molecular weight is 290 g/mol. The van der Waals surface area contributed by atoms with E-state index in [1.807, 2.05) is 11.3 Å². The third kappa shape index (κ3) is 1.83. The molecule has 0 saturated heterocycles. The molecule has 0 aliphatic heterocycles. The van der Waals surface area contributed by atoms with Gasteiger partial charge in [0.05, 0.1) is 6.04 Å². The molecular formula is C17H26N2S. The number of nitrogens with two attached hydrogens (primary N) is 1. The van der Waals surface area contributed by atoms with Crippen LogP contribution in [0.3, 0.4) is 0 Å². The van der Waals surface area contributed by atoms with Gasteiger partial charge in [-0.05, 0) is 85.1 Å². The Kier molecular flexibility index (Phi) is 2.87. The lowest BCUT2D eigenvalue weighted by atomic mass is 9.43. The molecule has 1 aromatic rings. The molecule has 3 heteroatoms. The zero-order valence-corrected chi connectivity index (χ0v) is 13.4. The summed E-state index contributed by atoms with van der Waals surface area (Å²) < 4.78 is 0. The van der Waals surface area contributed by atoms with Gasteiger partial charge in [0.1, 0.15) is 0 Å². The molecule has 4 bridgehead atoms. The molecule has 4 saturated carbocycles. The summed E-state index contributed by atoms with van der Waals surface area (Å²) in [5.74, 6) is 7.97. The SMILES string of the molecule is Cc1ccsc1C(NN)C12CC3CC(CC(C)(C3)C1)C2. The van der Waals surface area contributed by atoms with Crippen molar-refractivity contribution < 1.29 is 0 Å². The quantitative estimate of drug-likeness (QED) is 0.648. The van der Waals surface area contributed by atoms with Crippen LogP contribution in [0.5, 0.6) is 0 Å². The van der Waals surface area contributed by atoms with Crippen LogP contribution in [-0.2, 0) is 0 Å². The van der Waals surface area contributed by atoms with Crippen LogP contribution in [0, 0.1) is 29.6 Å². The van der Waals surface area contributed by atoms with Crippen molar-refractivity contribution in [2.45, 2.75) is 58.4 Å². The Morgan fingerprint density at radius 1 is 1.30 bits per heavy atom. The highest BCUT2D eigenvalue weighted by Crippen LogP contribution is 2.68. The number of rotatable bonds is 3. The zero-order valence-electron chi connectivity index (χ0n) is 12.6. The molecule has 0 spiro atoms. The number of thiophene rings is 1. The second kappa shape index (κ2) is 4.31. The van der Waals surface area contributed by atoms with Crippen molar-refractivity contribution in [3.63, 3.8) is 0 Å². The van der Waals surface area contributed by atoms with Crippen molar-refractivity contribution in [2.75, 3.05) is 0 Å². The average Bonchev–Trinajstić information content (AvgIpc) is 2.73. The number of hydrogen-bond acceptors (Lipinski definition) is 3. The first-order valence-corrected chi connectivity index (χ1v) is 8.92. The molecule has 1 aromatic heterocycles. The van der Waals surface area contributed by atoms with E-state index in [-0.39, 0.29) is 0 Å². The predicted octanol–water partition coefficient (Wildman–Crippen LogP) is 4.17. The lowest BCUT2D eigenvalue weighted by molar-refractivity contribution is -0.118. The van der Waals surface area contributed by atoms with Crippen molar-refractivity contribution >= 4 is 11.3 Å². The van der Waals surface area contributed by atoms with Crippen molar-refractivity contribution in [1.82, 2.24) is 5.43 Å². The lowest BCUT2D eigenvalue weighted by Crippen LogP contribution is -2.56. The summed E-state index contributed by atoms with van der Waals surface area (Å²) in [6.45, 7) is 4.77. The van der Waals surface area contributed by atoms with Crippen molar-refractivity contribution in [1.29, 1.82) is 0 Å². The van der Waals surface area contributed by atoms with Gasteiger partial charge in [-0.25, -0.2) is 0 Å². The Bertz CT molecular complexity index is 507. The first-order valence-electron chi connectivity index (χ1n) is 8.04. The van der Waals surface area contributed by atoms with Gasteiger partial charge in [-0.3, -0.25) is 11.3 Å². The van der Waals surface area contributed by atoms with Crippen LogP contribution in [0.2, 0.25) is 0 Å². The standard InChI is InChI=1S/C17H26N2S/c1-11-3-4-20-14(11)15(19-18)17-8-12-5-13(9-17)7-16(2,6-12)10-17/h3-4,12-13,15,19H,5-10,18H2,1-2H3. The fraction of sp³-hybridized carbons (Fsp3) is 0.765. The molecular weight excluding hydrogens is 264 g/mol. The third-order valence-corrected chi connectivity index (χ3v) is 7.43. The first kappa shape index (κ1) is 13.3. The van der Waals surface area contributed by atoms with E-state index < -0.39 is 0 Å². The second-order valence-corrected chi connectivity index (χ2v) is 9.15. The van der Waals surface area contributed by atoms with Gasteiger partial charge in [0.2, 0.25) is 0 Å². The maximum absolute atomic E-state index is 6.05. The maximum atomic E-state index is 6.05. The number of nitrogens with one attached hydrogen (secondary N) is 1. The summed E-state index contributed by atoms with van der Waals surface area (Å²) in [5.41, 5.74) is 5.65. The van der Waals surface area contributed by atoms with E-state index in [0.717, 1.165) is 11.8 Å². The minimum Gasteiger partial charge on any atom is -0.271 e. The van der Waals surface area contributed by atoms with Crippen molar-refractivity contribution in [3.05, 3.63) is 21.9 Å². The van der Waals surface area contributed by atoms with Gasteiger partial charge in [0.15, 0.2) is 0 Å². The topological polar surface area (TPSA) is 38.0 Å². The molecule has 3 atom stereocenters. The van der Waals surface area contributed by atoms with E-state index in [1.165, 1.54) is 49.0 Å². The van der Waals surface area contributed by atoms with Crippen LogP contribution in [-0.4, -0.2) is 0 Å². The largest absolute Gasteiger partial charge is 0.271 e. The van der Waals surface area contributed by atoms with E-state index in [9.17, 15) is 0 Å². The molecule has 5 rings (SSSR count). The minimum absolute atomic E-state index is 0.368. The highest BCUT2D eigenvalue weighted by atomic mass is 32.1. The molecule has 3 unspecified atom stereocenters. The summed E-state index contributed by atoms with van der Waals surface area (Å²) in [6.07, 6.45) is 8.58. The fourth-order valence-corrected chi connectivity index (χ4v) is 7.47. The smallest absolute Gasteiger partial charge is 0.0612 e. The molecule has 4 aliphatic rings. The second-order valence-electron chi connectivity index (χ2n) is 8.20. The van der Waals surface area contributed by atoms with Gasteiger partial charge >= 0.3 is 0 Å². The minimum atomic E-state index is 0.368. The summed E-state index contributed by atoms with van der Waals surface area (Å²) in [4.78, 5) is 1.48. The molecule has 1 heterocycles. The number of hydrogen-bond donors (Lipinski definition) is 2. The number of hydrazine groups is 1. The van der Waals surface area contributed by atoms with Gasteiger partial charge in [0, 0.05) is 4.88 Å². The number of aryl methyl sites for hydroxylation is 1. The molecule has 110 valence electrons. The Morgan fingerprint density at radius 3 is 2.50 bits per heavy atom. The van der Waals surface area contributed by atoms with Gasteiger partial charge in [-0.1, -0.05) is 6.92 Å². The summed E-state index contributed by atoms with van der Waals surface area (Å²) in [6, 6.07) is 2.61. The Morgan fingerprint density at radius 2 is 2.00 bits per heavy atom. The lowest BCUT2D eigenvalue weighted by Gasteiger charge is -2.63. The molecule has 20 heavy (non-hydrogen) atoms. The van der Waals surface area contributed by atoms with Crippen LogP contribution < -0.4 is 11.3 Å². The van der Waals surface area contributed by atoms with Crippen molar-refractivity contribution in [2.24, 2.45) is 28.5 Å². The highest BCUT2D eigenvalue weighted by molar-refractivity contribution is 7.10. The van der Waals surface area contributed by atoms with Crippen LogP contribution in [0.1, 0.15) is 61.9 Å². The van der Waals surface area contributed by atoms with Gasteiger partial charge in [0.25, 0.3) is 0 Å². The Labute approximate surface area is 126 Å². The maximum Gasteiger partial charge on any atom is 0.0612 e. The summed E-state index contributed by atoms with van der Waals surface area (Å²) in [7, 11) is 0. The Hall–Kier alpha value is -0.380. The summed E-state index contributed by atoms with van der Waals surface area (Å²) >= 11 is 1.89. The molecule has 3 N–H and O–H groups in total. The van der Waals surface area contributed by atoms with Gasteiger partial charge in [-0.2, -0.15) is 0 Å². The molecule has 2 nitrogen and oxygen atoms in total. The zero-order chi connectivity index (χ0) is 14.0. The van der Waals surface area contributed by atoms with Gasteiger partial charge < -0.3 is 0 Å². The molecule has 0 aromatic carbocycles. The van der Waals surface area contributed by atoms with Crippen LogP contribution in [0.4, 0.5) is 0 Å². The van der Waals surface area contributed by atoms with Crippen molar-refractivity contribution in [3.8, 4) is 0 Å². The molecule has 4 aliphatic carbocycles. The monoisotopic (exact) mass is 290 g/mol. The normalized spacial score (nSPS) is 44.0. The predicted molar refractivity (Wildman–Crippen MR) is 84.3 cm³/mol. The van der Waals surface area contributed by atoms with E-state index in [0.29, 0.717) is 16.9 Å². The molecule has 4 fully saturated rings. The third-order valence-electron chi connectivity index (χ3n) is 6.34. The summed E-state index contributed by atoms with van der Waals surface area (Å²) in [5, 5.41) is 2.22. The fourth-order valence-electron chi connectivity index (χ4n) is 6.35. The van der Waals surface area contributed by atoms with E-state index in [2.05, 4.69) is 30.7 Å². The van der Waals surface area contributed by atoms with E-state index >= 15 is 0 Å². The first-order chi connectivity index (χ1) is 9.54. The van der Waals surface area contributed by atoms with Crippen LogP contribution >= 0.6 is 11.3 Å². The highest BCUT2D eigenvalue weighted by Gasteiger charge is 2.58. The molecule has 0 amide bonds. The van der Waals surface area contributed by atoms with E-state index in [1.54, 1.807) is 0 Å².